The van der Waals surface area contributed by atoms with E-state index in [1.807, 2.05) is 12.1 Å². The van der Waals surface area contributed by atoms with Crippen LogP contribution in [0.1, 0.15) is 0 Å². The Morgan fingerprint density at radius 3 is 1.18 bits per heavy atom. The molecule has 0 heterocycles. The Bertz CT molecular complexity index is 393. The predicted molar refractivity (Wildman–Crippen MR) is 72.4 cm³/mol. The van der Waals surface area contributed by atoms with Gasteiger partial charge < -0.3 is 0 Å². The van der Waals surface area contributed by atoms with Crippen LogP contribution in [0.4, 0.5) is 0 Å². The molecule has 0 saturated heterocycles. The minimum Gasteiger partial charge on any atom is -0.0622 e. The predicted octanol–water partition coefficient (Wildman–Crippen LogP) is 2.39. The standard InChI is InChI=1S/C12H10.K.H2O3S.H/c1-3-7-11(8-4-1)12-9-5-2-6-10-12;;1-4(2)3;/h1-10H;;(H2,1,2,3);. The molecule has 17 heavy (non-hydrogen) atoms. The van der Waals surface area contributed by atoms with E-state index >= 15 is 0 Å². The van der Waals surface area contributed by atoms with Gasteiger partial charge in [-0.15, -0.1) is 0 Å². The molecule has 0 unspecified atom stereocenters. The second-order valence-corrected chi connectivity index (χ2v) is 3.42. The maximum Gasteiger partial charge on any atom is -0.0184 e. The minimum absolute atomic E-state index is 0. The van der Waals surface area contributed by atoms with Crippen molar-refractivity contribution in [2.45, 2.75) is 0 Å². The van der Waals surface area contributed by atoms with Crippen molar-refractivity contribution in [3.05, 3.63) is 60.7 Å². The molecule has 0 atom stereocenters. The molecule has 0 aromatic heterocycles. The normalized spacial score (nSPS) is 8.88. The molecule has 86 valence electrons. The van der Waals surface area contributed by atoms with Crippen molar-refractivity contribution in [2.75, 3.05) is 0 Å². The summed E-state index contributed by atoms with van der Waals surface area (Å²) in [6, 6.07) is 20.8. The fourth-order valence-electron chi connectivity index (χ4n) is 1.26. The van der Waals surface area contributed by atoms with E-state index in [2.05, 4.69) is 48.5 Å². The van der Waals surface area contributed by atoms with Crippen LogP contribution in [0.2, 0.25) is 0 Å². The molecular weight excluding hydrogens is 263 g/mol. The van der Waals surface area contributed by atoms with E-state index in [1.54, 1.807) is 0 Å². The molecule has 3 nitrogen and oxygen atoms in total. The summed E-state index contributed by atoms with van der Waals surface area (Å²) in [6.07, 6.45) is 0. The minimum atomic E-state index is -2.61. The van der Waals surface area contributed by atoms with Gasteiger partial charge in [-0.2, -0.15) is 4.21 Å². The van der Waals surface area contributed by atoms with Crippen molar-refractivity contribution in [3.63, 3.8) is 0 Å². The molecular formula is C12H13KO3S. The molecule has 0 spiro atoms. The van der Waals surface area contributed by atoms with Crippen LogP contribution in [0.25, 0.3) is 11.1 Å². The van der Waals surface area contributed by atoms with Gasteiger partial charge in [-0.25, -0.2) is 0 Å². The first kappa shape index (κ1) is 17.1. The van der Waals surface area contributed by atoms with Crippen molar-refractivity contribution in [3.8, 4) is 11.1 Å². The van der Waals surface area contributed by atoms with Gasteiger partial charge in [0.15, 0.2) is 0 Å². The van der Waals surface area contributed by atoms with E-state index in [1.165, 1.54) is 11.1 Å². The van der Waals surface area contributed by atoms with Crippen molar-refractivity contribution >= 4 is 62.7 Å². The summed E-state index contributed by atoms with van der Waals surface area (Å²) in [5.74, 6) is 0. The SMILES string of the molecule is O=S(O)O.[KH].c1ccc(-c2ccccc2)cc1. The Kier molecular flexibility index (Phi) is 10.2. The van der Waals surface area contributed by atoms with Crippen LogP contribution in [0.15, 0.2) is 60.7 Å². The van der Waals surface area contributed by atoms with Gasteiger partial charge in [0.1, 0.15) is 0 Å². The van der Waals surface area contributed by atoms with E-state index in [4.69, 9.17) is 13.3 Å². The molecule has 0 radical (unpaired) electrons. The van der Waals surface area contributed by atoms with Gasteiger partial charge >= 0.3 is 51.4 Å². The van der Waals surface area contributed by atoms with E-state index < -0.39 is 11.4 Å². The molecule has 0 amide bonds. The Hall–Kier alpha value is 0.146. The Balaban J connectivity index is 0.000000453. The zero-order valence-electron chi connectivity index (χ0n) is 8.48. The maximum absolute atomic E-state index is 8.67. The summed E-state index contributed by atoms with van der Waals surface area (Å²) in [6.45, 7) is 0. The van der Waals surface area contributed by atoms with Crippen LogP contribution in [0.3, 0.4) is 0 Å². The fourth-order valence-corrected chi connectivity index (χ4v) is 1.26. The van der Waals surface area contributed by atoms with Gasteiger partial charge in [-0.1, -0.05) is 60.7 Å². The number of hydrogen-bond donors (Lipinski definition) is 2. The zero-order valence-corrected chi connectivity index (χ0v) is 9.30. The van der Waals surface area contributed by atoms with Gasteiger partial charge in [0.05, 0.1) is 0 Å². The van der Waals surface area contributed by atoms with Crippen molar-refractivity contribution in [1.29, 1.82) is 0 Å². The third kappa shape index (κ3) is 7.96. The van der Waals surface area contributed by atoms with Gasteiger partial charge in [0.2, 0.25) is 0 Å². The van der Waals surface area contributed by atoms with Gasteiger partial charge in [0, 0.05) is 0 Å². The Morgan fingerprint density at radius 1 is 0.706 bits per heavy atom. The van der Waals surface area contributed by atoms with E-state index in [-0.39, 0.29) is 51.4 Å². The molecule has 0 fully saturated rings. The molecule has 0 bridgehead atoms. The molecule has 2 rings (SSSR count). The first-order valence-corrected chi connectivity index (χ1v) is 5.67. The summed E-state index contributed by atoms with van der Waals surface area (Å²) in [7, 11) is 0. The number of benzene rings is 2. The van der Waals surface area contributed by atoms with E-state index in [0.717, 1.165) is 0 Å². The summed E-state index contributed by atoms with van der Waals surface area (Å²) in [4.78, 5) is 0. The fraction of sp³-hybridized carbons (Fsp3) is 0. The first-order valence-electron chi connectivity index (χ1n) is 4.60. The molecule has 0 aliphatic rings. The van der Waals surface area contributed by atoms with Crippen molar-refractivity contribution < 1.29 is 13.3 Å². The first-order chi connectivity index (χ1) is 7.70. The molecule has 2 aromatic rings. The van der Waals surface area contributed by atoms with Crippen LogP contribution >= 0.6 is 0 Å². The average molecular weight is 276 g/mol. The van der Waals surface area contributed by atoms with Crippen LogP contribution in [-0.2, 0) is 11.4 Å². The molecule has 0 aliphatic carbocycles. The Morgan fingerprint density at radius 2 is 0.941 bits per heavy atom. The third-order valence-corrected chi connectivity index (χ3v) is 1.88. The van der Waals surface area contributed by atoms with Crippen molar-refractivity contribution in [1.82, 2.24) is 0 Å². The monoisotopic (exact) mass is 276 g/mol. The molecule has 0 saturated carbocycles. The topological polar surface area (TPSA) is 57.5 Å². The summed E-state index contributed by atoms with van der Waals surface area (Å²) in [5.41, 5.74) is 2.55. The van der Waals surface area contributed by atoms with E-state index in [9.17, 15) is 0 Å². The summed E-state index contributed by atoms with van der Waals surface area (Å²) >= 11 is -2.61. The van der Waals surface area contributed by atoms with Gasteiger partial charge in [-0.3, -0.25) is 9.11 Å². The second-order valence-electron chi connectivity index (χ2n) is 2.96. The third-order valence-electron chi connectivity index (χ3n) is 1.88. The Labute approximate surface area is 146 Å². The zero-order chi connectivity index (χ0) is 11.8. The van der Waals surface area contributed by atoms with Crippen molar-refractivity contribution in [2.24, 2.45) is 0 Å². The molecule has 0 aliphatic heterocycles. The van der Waals surface area contributed by atoms with E-state index in [0.29, 0.717) is 0 Å². The summed E-state index contributed by atoms with van der Waals surface area (Å²) < 4.78 is 22.8. The maximum atomic E-state index is 8.67. The number of rotatable bonds is 1. The molecule has 5 heteroatoms. The second kappa shape index (κ2) is 10.1. The largest absolute Gasteiger partial charge is 0.0622 e. The molecule has 2 N–H and O–H groups in total. The van der Waals surface area contributed by atoms with Crippen LogP contribution < -0.4 is 0 Å². The smallest absolute Gasteiger partial charge is 0.0184 e. The van der Waals surface area contributed by atoms with Crippen LogP contribution in [-0.4, -0.2) is 64.7 Å². The summed E-state index contributed by atoms with van der Waals surface area (Å²) in [5, 5.41) is 0. The van der Waals surface area contributed by atoms with Gasteiger partial charge in [-0.05, 0) is 11.1 Å². The quantitative estimate of drug-likeness (QED) is 0.621. The van der Waals surface area contributed by atoms with Crippen LogP contribution in [0.5, 0.6) is 0 Å². The average Bonchev–Trinajstić information content (AvgIpc) is 2.31. The molecule has 2 aromatic carbocycles. The van der Waals surface area contributed by atoms with Crippen LogP contribution in [0, 0.1) is 0 Å². The number of hydrogen-bond acceptors (Lipinski definition) is 1. The van der Waals surface area contributed by atoms with Gasteiger partial charge in [0.25, 0.3) is 11.4 Å².